The number of para-hydroxylation sites is 1. The molecule has 0 saturated heterocycles. The van der Waals surface area contributed by atoms with Crippen LogP contribution in [0.5, 0.6) is 17.2 Å². The maximum absolute atomic E-state index is 10.4. The minimum atomic E-state index is -0.143. The van der Waals surface area contributed by atoms with Crippen molar-refractivity contribution in [2.45, 2.75) is 32.0 Å². The lowest BCUT2D eigenvalue weighted by Gasteiger charge is -2.38. The second-order valence-electron chi connectivity index (χ2n) is 6.90. The van der Waals surface area contributed by atoms with Crippen molar-refractivity contribution in [3.8, 4) is 17.2 Å². The highest BCUT2D eigenvalue weighted by atomic mass is 32.2. The average molecular weight is 385 g/mol. The summed E-state index contributed by atoms with van der Waals surface area (Å²) in [6.07, 6.45) is 3.55. The molecule has 27 heavy (non-hydrogen) atoms. The first-order valence-corrected chi connectivity index (χ1v) is 10.5. The Morgan fingerprint density at radius 1 is 1.33 bits per heavy atom. The number of phenolic OH excluding ortho intramolecular Hbond substituents is 1. The van der Waals surface area contributed by atoms with Gasteiger partial charge in [-0.05, 0) is 37.1 Å². The van der Waals surface area contributed by atoms with Gasteiger partial charge in [-0.3, -0.25) is 5.01 Å². The molecule has 2 heterocycles. The van der Waals surface area contributed by atoms with Crippen LogP contribution in [0, 0.1) is 6.92 Å². The molecule has 0 radical (unpaired) electrons. The maximum Gasteiger partial charge on any atom is 0.188 e. The van der Waals surface area contributed by atoms with Crippen molar-refractivity contribution in [2.75, 3.05) is 19.1 Å². The topological polar surface area (TPSA) is 54.3 Å². The number of aryl methyl sites for hydroxylation is 1. The van der Waals surface area contributed by atoms with Crippen LogP contribution < -0.4 is 9.47 Å². The first-order valence-electron chi connectivity index (χ1n) is 9.10. The molecule has 1 N–H and O–H groups in total. The molecule has 0 aliphatic carbocycles. The van der Waals surface area contributed by atoms with E-state index in [9.17, 15) is 5.11 Å². The van der Waals surface area contributed by atoms with Crippen molar-refractivity contribution in [3.63, 3.8) is 0 Å². The normalized spacial score (nSPS) is 20.6. The summed E-state index contributed by atoms with van der Waals surface area (Å²) in [7, 11) is 1.67. The zero-order valence-corrected chi connectivity index (χ0v) is 16.6. The fourth-order valence-electron chi connectivity index (χ4n) is 3.77. The van der Waals surface area contributed by atoms with Gasteiger partial charge in [0.1, 0.15) is 5.75 Å². The number of phenols is 1. The van der Waals surface area contributed by atoms with E-state index in [0.29, 0.717) is 0 Å². The molecule has 0 bridgehead atoms. The second-order valence-corrected chi connectivity index (χ2v) is 7.89. The maximum atomic E-state index is 10.4. The van der Waals surface area contributed by atoms with Gasteiger partial charge in [-0.2, -0.15) is 16.9 Å². The zero-order chi connectivity index (χ0) is 19.0. The van der Waals surface area contributed by atoms with Crippen LogP contribution in [0.1, 0.15) is 35.6 Å². The number of aromatic hydroxyl groups is 1. The Balaban J connectivity index is 1.75. The Bertz CT molecular complexity index is 884. The standard InChI is InChI=1S/C21H24N2O3S/c1-13-7-8-18(24)15(11-13)16-12-17-14-5-4-6-19(25-2)21(14)26-20(9-10-27-3)23(17)22-16/h4-8,11,17,20,24H,9-10,12H2,1-3H3/t17-,20+/m1/s1. The second kappa shape index (κ2) is 7.35. The van der Waals surface area contributed by atoms with E-state index < -0.39 is 0 Å². The van der Waals surface area contributed by atoms with Crippen molar-refractivity contribution in [1.82, 2.24) is 5.01 Å². The van der Waals surface area contributed by atoms with E-state index in [1.165, 1.54) is 0 Å². The summed E-state index contributed by atoms with van der Waals surface area (Å²) in [4.78, 5) is 0. The molecule has 0 amide bonds. The van der Waals surface area contributed by atoms with Crippen LogP contribution in [-0.2, 0) is 0 Å². The SMILES string of the molecule is COc1cccc2c1O[C@@H](CCSC)N1N=C(c3cc(C)ccc3O)C[C@H]21. The van der Waals surface area contributed by atoms with Gasteiger partial charge >= 0.3 is 0 Å². The Kier molecular flexibility index (Phi) is 4.91. The summed E-state index contributed by atoms with van der Waals surface area (Å²) >= 11 is 1.80. The summed E-state index contributed by atoms with van der Waals surface area (Å²) < 4.78 is 11.9. The van der Waals surface area contributed by atoms with Crippen LogP contribution >= 0.6 is 11.8 Å². The smallest absolute Gasteiger partial charge is 0.188 e. The minimum absolute atomic E-state index is 0.0885. The molecule has 0 fully saturated rings. The number of hydrazone groups is 1. The van der Waals surface area contributed by atoms with Gasteiger partial charge in [0.05, 0.1) is 18.9 Å². The molecule has 0 aromatic heterocycles. The highest BCUT2D eigenvalue weighted by Crippen LogP contribution is 2.47. The molecule has 2 aromatic carbocycles. The summed E-state index contributed by atoms with van der Waals surface area (Å²) in [6.45, 7) is 2.02. The van der Waals surface area contributed by atoms with E-state index in [-0.39, 0.29) is 18.0 Å². The number of hydrogen-bond donors (Lipinski definition) is 1. The Morgan fingerprint density at radius 2 is 2.19 bits per heavy atom. The molecule has 2 aliphatic heterocycles. The number of hydrogen-bond acceptors (Lipinski definition) is 6. The fraction of sp³-hybridized carbons (Fsp3) is 0.381. The summed E-state index contributed by atoms with van der Waals surface area (Å²) in [5.74, 6) is 2.83. The van der Waals surface area contributed by atoms with Gasteiger partial charge in [0.2, 0.25) is 0 Å². The number of rotatable bonds is 5. The van der Waals surface area contributed by atoms with Crippen LogP contribution in [-0.4, -0.2) is 41.2 Å². The average Bonchev–Trinajstić information content (AvgIpc) is 3.13. The van der Waals surface area contributed by atoms with E-state index >= 15 is 0 Å². The number of nitrogens with zero attached hydrogens (tertiary/aromatic N) is 2. The lowest BCUT2D eigenvalue weighted by atomic mass is 9.95. The Hall–Kier alpha value is -2.34. The quantitative estimate of drug-likeness (QED) is 0.831. The summed E-state index contributed by atoms with van der Waals surface area (Å²) in [6, 6.07) is 11.7. The van der Waals surface area contributed by atoms with E-state index in [1.807, 2.05) is 31.2 Å². The molecule has 5 nitrogen and oxygen atoms in total. The number of ether oxygens (including phenoxy) is 2. The molecule has 2 aromatic rings. The third-order valence-corrected chi connectivity index (χ3v) is 5.76. The molecular weight excluding hydrogens is 360 g/mol. The zero-order valence-electron chi connectivity index (χ0n) is 15.8. The number of methoxy groups -OCH3 is 1. The largest absolute Gasteiger partial charge is 0.507 e. The highest BCUT2D eigenvalue weighted by Gasteiger charge is 2.41. The first-order chi connectivity index (χ1) is 13.1. The van der Waals surface area contributed by atoms with Crippen molar-refractivity contribution in [1.29, 1.82) is 0 Å². The van der Waals surface area contributed by atoms with Gasteiger partial charge < -0.3 is 14.6 Å². The van der Waals surface area contributed by atoms with Gasteiger partial charge in [0.15, 0.2) is 17.7 Å². The Morgan fingerprint density at radius 3 is 2.96 bits per heavy atom. The third-order valence-electron chi connectivity index (χ3n) is 5.11. The minimum Gasteiger partial charge on any atom is -0.507 e. The molecule has 142 valence electrons. The number of thioether (sulfide) groups is 1. The van der Waals surface area contributed by atoms with Crippen LogP contribution in [0.3, 0.4) is 0 Å². The predicted molar refractivity (Wildman–Crippen MR) is 109 cm³/mol. The lowest BCUT2D eigenvalue weighted by Crippen LogP contribution is -2.40. The van der Waals surface area contributed by atoms with E-state index in [4.69, 9.17) is 14.6 Å². The van der Waals surface area contributed by atoms with E-state index in [2.05, 4.69) is 17.3 Å². The van der Waals surface area contributed by atoms with Gasteiger partial charge in [-0.15, -0.1) is 0 Å². The van der Waals surface area contributed by atoms with E-state index in [1.54, 1.807) is 24.9 Å². The van der Waals surface area contributed by atoms with Gasteiger partial charge in [-0.25, -0.2) is 0 Å². The Labute approximate surface area is 164 Å². The van der Waals surface area contributed by atoms with Gasteiger partial charge in [-0.1, -0.05) is 23.8 Å². The third kappa shape index (κ3) is 3.23. The van der Waals surface area contributed by atoms with Crippen molar-refractivity contribution < 1.29 is 14.6 Å². The molecular formula is C21H24N2O3S. The van der Waals surface area contributed by atoms with Gasteiger partial charge in [0, 0.05) is 24.0 Å². The number of fused-ring (bicyclic) bond motifs is 3. The van der Waals surface area contributed by atoms with Crippen molar-refractivity contribution >= 4 is 17.5 Å². The van der Waals surface area contributed by atoms with Crippen molar-refractivity contribution in [3.05, 3.63) is 53.1 Å². The van der Waals surface area contributed by atoms with Crippen LogP contribution in [0.4, 0.5) is 0 Å². The molecule has 0 spiro atoms. The van der Waals surface area contributed by atoms with E-state index in [0.717, 1.165) is 52.5 Å². The highest BCUT2D eigenvalue weighted by molar-refractivity contribution is 7.98. The molecule has 2 atom stereocenters. The van der Waals surface area contributed by atoms with Crippen LogP contribution in [0.25, 0.3) is 0 Å². The monoisotopic (exact) mass is 384 g/mol. The fourth-order valence-corrected chi connectivity index (χ4v) is 4.21. The number of benzene rings is 2. The first kappa shape index (κ1) is 18.0. The predicted octanol–water partition coefficient (Wildman–Crippen LogP) is 4.33. The molecule has 4 rings (SSSR count). The molecule has 2 aliphatic rings. The van der Waals surface area contributed by atoms with Gasteiger partial charge in [0.25, 0.3) is 0 Å². The molecule has 6 heteroatoms. The summed E-state index contributed by atoms with van der Waals surface area (Å²) in [5, 5.41) is 17.3. The van der Waals surface area contributed by atoms with Crippen molar-refractivity contribution in [2.24, 2.45) is 5.10 Å². The lowest BCUT2D eigenvalue weighted by molar-refractivity contribution is -0.0198. The summed E-state index contributed by atoms with van der Waals surface area (Å²) in [5.41, 5.74) is 3.89. The van der Waals surface area contributed by atoms with Crippen LogP contribution in [0.2, 0.25) is 0 Å². The molecule has 0 saturated carbocycles. The van der Waals surface area contributed by atoms with Crippen LogP contribution in [0.15, 0.2) is 41.5 Å². The molecule has 0 unspecified atom stereocenters.